The summed E-state index contributed by atoms with van der Waals surface area (Å²) in [4.78, 5) is 14.9. The maximum absolute atomic E-state index is 11.0. The first-order chi connectivity index (χ1) is 6.67. The molecule has 0 aromatic carbocycles. The van der Waals surface area contributed by atoms with Gasteiger partial charge in [0.05, 0.1) is 13.5 Å². The molecule has 0 saturated heterocycles. The maximum Gasteiger partial charge on any atom is 0.310 e. The average molecular weight is 255 g/mol. The van der Waals surface area contributed by atoms with Crippen LogP contribution in [0.1, 0.15) is 11.3 Å². The van der Waals surface area contributed by atoms with Crippen molar-refractivity contribution >= 4 is 21.9 Å². The van der Waals surface area contributed by atoms with Gasteiger partial charge in [-0.2, -0.15) is 5.26 Å². The van der Waals surface area contributed by atoms with Crippen molar-refractivity contribution in [3.05, 3.63) is 28.0 Å². The Morgan fingerprint density at radius 2 is 2.43 bits per heavy atom. The van der Waals surface area contributed by atoms with Crippen LogP contribution < -0.4 is 0 Å². The molecule has 0 saturated carbocycles. The van der Waals surface area contributed by atoms with Gasteiger partial charge in [-0.15, -0.1) is 0 Å². The van der Waals surface area contributed by atoms with E-state index in [9.17, 15) is 4.79 Å². The Morgan fingerprint density at radius 1 is 1.71 bits per heavy atom. The molecule has 72 valence electrons. The molecule has 0 fully saturated rings. The van der Waals surface area contributed by atoms with Crippen LogP contribution in [-0.2, 0) is 16.0 Å². The van der Waals surface area contributed by atoms with Crippen LogP contribution in [-0.4, -0.2) is 18.1 Å². The highest BCUT2D eigenvalue weighted by Gasteiger charge is 2.09. The second-order valence-electron chi connectivity index (χ2n) is 2.51. The molecule has 1 rings (SSSR count). The molecule has 0 aliphatic heterocycles. The van der Waals surface area contributed by atoms with Crippen LogP contribution in [0.5, 0.6) is 0 Å². The summed E-state index contributed by atoms with van der Waals surface area (Å²) < 4.78 is 5.07. The van der Waals surface area contributed by atoms with Crippen molar-refractivity contribution in [2.45, 2.75) is 6.42 Å². The lowest BCUT2D eigenvalue weighted by molar-refractivity contribution is -0.139. The molecule has 0 spiro atoms. The van der Waals surface area contributed by atoms with E-state index in [0.29, 0.717) is 10.2 Å². The maximum atomic E-state index is 11.0. The molecule has 1 heterocycles. The largest absolute Gasteiger partial charge is 0.469 e. The first-order valence-corrected chi connectivity index (χ1v) is 4.59. The van der Waals surface area contributed by atoms with Gasteiger partial charge in [-0.3, -0.25) is 4.79 Å². The number of nitrogens with zero attached hydrogens (tertiary/aromatic N) is 2. The minimum atomic E-state index is -0.384. The van der Waals surface area contributed by atoms with E-state index in [1.165, 1.54) is 7.11 Å². The number of halogens is 1. The van der Waals surface area contributed by atoms with Crippen molar-refractivity contribution in [1.82, 2.24) is 4.98 Å². The van der Waals surface area contributed by atoms with Crippen LogP contribution in [0.4, 0.5) is 0 Å². The summed E-state index contributed by atoms with van der Waals surface area (Å²) >= 11 is 3.14. The second kappa shape index (κ2) is 4.72. The number of hydrogen-bond acceptors (Lipinski definition) is 4. The van der Waals surface area contributed by atoms with Crippen molar-refractivity contribution < 1.29 is 9.53 Å². The van der Waals surface area contributed by atoms with Crippen LogP contribution in [0.15, 0.2) is 16.7 Å². The van der Waals surface area contributed by atoms with Crippen LogP contribution in [0.3, 0.4) is 0 Å². The van der Waals surface area contributed by atoms with Gasteiger partial charge in [0.1, 0.15) is 16.4 Å². The first kappa shape index (κ1) is 10.7. The Morgan fingerprint density at radius 3 is 3.00 bits per heavy atom. The number of esters is 1. The number of nitriles is 1. The molecule has 4 nitrogen and oxygen atoms in total. The fourth-order valence-electron chi connectivity index (χ4n) is 0.931. The Kier molecular flexibility index (Phi) is 3.60. The van der Waals surface area contributed by atoms with Crippen molar-refractivity contribution in [2.75, 3.05) is 7.11 Å². The summed E-state index contributed by atoms with van der Waals surface area (Å²) in [6, 6.07) is 5.27. The standard InChI is InChI=1S/C9H7BrN2O2/c1-14-9(13)4-6-2-3-8(10)12-7(6)5-11/h2-3H,4H2,1H3. The van der Waals surface area contributed by atoms with Crippen molar-refractivity contribution in [1.29, 1.82) is 5.26 Å². The van der Waals surface area contributed by atoms with Gasteiger partial charge < -0.3 is 4.74 Å². The molecular formula is C9H7BrN2O2. The fraction of sp³-hybridized carbons (Fsp3) is 0.222. The Bertz CT molecular complexity index is 398. The van der Waals surface area contributed by atoms with Gasteiger partial charge in [0.2, 0.25) is 0 Å². The summed E-state index contributed by atoms with van der Waals surface area (Å²) in [5, 5.41) is 8.74. The van der Waals surface area contributed by atoms with Crippen LogP contribution in [0, 0.1) is 11.3 Å². The molecule has 0 atom stereocenters. The topological polar surface area (TPSA) is 63.0 Å². The third-order valence-electron chi connectivity index (χ3n) is 1.61. The minimum absolute atomic E-state index is 0.0691. The Hall–Kier alpha value is -1.41. The third-order valence-corrected chi connectivity index (χ3v) is 2.05. The van der Waals surface area contributed by atoms with Crippen molar-refractivity contribution in [3.8, 4) is 6.07 Å². The molecule has 0 aliphatic rings. The molecule has 14 heavy (non-hydrogen) atoms. The van der Waals surface area contributed by atoms with Gasteiger partial charge in [0.15, 0.2) is 0 Å². The molecule has 1 aromatic heterocycles. The third kappa shape index (κ3) is 2.54. The molecule has 0 unspecified atom stereocenters. The van der Waals surface area contributed by atoms with E-state index in [4.69, 9.17) is 5.26 Å². The zero-order valence-electron chi connectivity index (χ0n) is 7.45. The number of aromatic nitrogens is 1. The van der Waals surface area contributed by atoms with E-state index in [1.54, 1.807) is 12.1 Å². The van der Waals surface area contributed by atoms with Crippen LogP contribution in [0.2, 0.25) is 0 Å². The zero-order valence-corrected chi connectivity index (χ0v) is 9.04. The second-order valence-corrected chi connectivity index (χ2v) is 3.32. The average Bonchev–Trinajstić information content (AvgIpc) is 2.20. The molecule has 0 amide bonds. The van der Waals surface area contributed by atoms with Gasteiger partial charge in [0.25, 0.3) is 0 Å². The predicted molar refractivity (Wildman–Crippen MR) is 52.4 cm³/mol. The minimum Gasteiger partial charge on any atom is -0.469 e. The van der Waals surface area contributed by atoms with E-state index < -0.39 is 0 Å². The molecular weight excluding hydrogens is 248 g/mol. The van der Waals surface area contributed by atoms with Gasteiger partial charge in [-0.25, -0.2) is 4.98 Å². The van der Waals surface area contributed by atoms with E-state index >= 15 is 0 Å². The SMILES string of the molecule is COC(=O)Cc1ccc(Br)nc1C#N. The number of ether oxygens (including phenoxy) is 1. The van der Waals surface area contributed by atoms with Crippen LogP contribution in [0.25, 0.3) is 0 Å². The van der Waals surface area contributed by atoms with Gasteiger partial charge in [-0.1, -0.05) is 6.07 Å². The number of methoxy groups -OCH3 is 1. The Balaban J connectivity index is 2.98. The lowest BCUT2D eigenvalue weighted by Crippen LogP contribution is -2.06. The number of carbonyl (C=O) groups is 1. The highest BCUT2D eigenvalue weighted by Crippen LogP contribution is 2.12. The number of carbonyl (C=O) groups excluding carboxylic acids is 1. The highest BCUT2D eigenvalue weighted by atomic mass is 79.9. The molecule has 0 radical (unpaired) electrons. The molecule has 0 N–H and O–H groups in total. The summed E-state index contributed by atoms with van der Waals surface area (Å²) in [6.45, 7) is 0. The predicted octanol–water partition coefficient (Wildman–Crippen LogP) is 1.43. The first-order valence-electron chi connectivity index (χ1n) is 3.79. The van der Waals surface area contributed by atoms with E-state index in [1.807, 2.05) is 6.07 Å². The van der Waals surface area contributed by atoms with E-state index in [0.717, 1.165) is 0 Å². The number of rotatable bonds is 2. The molecule has 5 heteroatoms. The van der Waals surface area contributed by atoms with Crippen molar-refractivity contribution in [2.24, 2.45) is 0 Å². The number of pyridine rings is 1. The summed E-state index contributed by atoms with van der Waals surface area (Å²) in [5.41, 5.74) is 0.812. The monoisotopic (exact) mass is 254 g/mol. The Labute approximate surface area is 89.6 Å². The quantitative estimate of drug-likeness (QED) is 0.592. The molecule has 0 aliphatic carbocycles. The molecule has 0 bridgehead atoms. The zero-order chi connectivity index (χ0) is 10.6. The smallest absolute Gasteiger partial charge is 0.310 e. The van der Waals surface area contributed by atoms with Crippen LogP contribution >= 0.6 is 15.9 Å². The lowest BCUT2D eigenvalue weighted by atomic mass is 10.1. The van der Waals surface area contributed by atoms with Gasteiger partial charge in [0, 0.05) is 0 Å². The van der Waals surface area contributed by atoms with Gasteiger partial charge >= 0.3 is 5.97 Å². The molecule has 1 aromatic rings. The summed E-state index contributed by atoms with van der Waals surface area (Å²) in [7, 11) is 1.31. The fourth-order valence-corrected chi connectivity index (χ4v) is 1.24. The number of hydrogen-bond donors (Lipinski definition) is 0. The highest BCUT2D eigenvalue weighted by molar-refractivity contribution is 9.10. The lowest BCUT2D eigenvalue weighted by Gasteiger charge is -2.01. The summed E-state index contributed by atoms with van der Waals surface area (Å²) in [5.74, 6) is -0.384. The van der Waals surface area contributed by atoms with Gasteiger partial charge in [-0.05, 0) is 27.6 Å². The van der Waals surface area contributed by atoms with E-state index in [-0.39, 0.29) is 18.1 Å². The summed E-state index contributed by atoms with van der Waals surface area (Å²) in [6.07, 6.45) is 0.0691. The van der Waals surface area contributed by atoms with E-state index in [2.05, 4.69) is 25.7 Å². The van der Waals surface area contributed by atoms with Crippen molar-refractivity contribution in [3.63, 3.8) is 0 Å². The normalized spacial score (nSPS) is 9.21.